The summed E-state index contributed by atoms with van der Waals surface area (Å²) in [6.07, 6.45) is 5.20. The first-order valence-corrected chi connectivity index (χ1v) is 20.6. The van der Waals surface area contributed by atoms with Gasteiger partial charge in [0.2, 0.25) is 11.8 Å². The first-order valence-electron chi connectivity index (χ1n) is 20.6. The molecule has 0 saturated carbocycles. The van der Waals surface area contributed by atoms with Gasteiger partial charge < -0.3 is 44.6 Å². The quantitative estimate of drug-likeness (QED) is 0.120. The molecule has 4 N–H and O–H groups in total. The highest BCUT2D eigenvalue weighted by atomic mass is 16.5. The zero-order chi connectivity index (χ0) is 41.2. The van der Waals surface area contributed by atoms with Gasteiger partial charge in [-0.2, -0.15) is 0 Å². The number of rotatable bonds is 10. The smallest absolute Gasteiger partial charge is 0.407 e. The Hall–Kier alpha value is -5.96. The molecule has 8 rings (SSSR count). The number of hydrogen-bond acceptors (Lipinski definition) is 9. The Morgan fingerprint density at radius 1 is 0.746 bits per heavy atom. The van der Waals surface area contributed by atoms with Crippen molar-refractivity contribution in [2.75, 3.05) is 40.5 Å². The van der Waals surface area contributed by atoms with Crippen molar-refractivity contribution < 1.29 is 33.4 Å². The lowest BCUT2D eigenvalue weighted by atomic mass is 9.90. The minimum atomic E-state index is -0.693. The van der Waals surface area contributed by atoms with Gasteiger partial charge in [0.05, 0.1) is 49.2 Å². The molecule has 3 fully saturated rings. The minimum Gasteiger partial charge on any atom is -0.453 e. The van der Waals surface area contributed by atoms with Gasteiger partial charge >= 0.3 is 12.2 Å². The molecule has 4 unspecified atom stereocenters. The Balaban J connectivity index is 0.979. The fourth-order valence-electron chi connectivity index (χ4n) is 8.91. The fraction of sp³-hybridized carbons (Fsp3) is 0.455. The average molecular weight is 805 g/mol. The van der Waals surface area contributed by atoms with Gasteiger partial charge in [0.1, 0.15) is 23.7 Å². The summed E-state index contributed by atoms with van der Waals surface area (Å²) in [5.41, 5.74) is 5.65. The van der Waals surface area contributed by atoms with Crippen molar-refractivity contribution in [2.45, 2.75) is 76.5 Å². The van der Waals surface area contributed by atoms with Crippen molar-refractivity contribution in [3.8, 4) is 22.4 Å². The summed E-state index contributed by atoms with van der Waals surface area (Å²) >= 11 is 0. The Morgan fingerprint density at radius 2 is 1.36 bits per heavy atom. The third-order valence-electron chi connectivity index (χ3n) is 12.1. The number of imidazole rings is 2. The summed E-state index contributed by atoms with van der Waals surface area (Å²) in [5, 5.41) is 7.68. The molecule has 3 saturated heterocycles. The number of nitrogens with one attached hydrogen (secondary N) is 4. The Morgan fingerprint density at radius 3 is 2.05 bits per heavy atom. The average Bonchev–Trinajstić information content (AvgIpc) is 4.10. The number of amides is 4. The van der Waals surface area contributed by atoms with E-state index in [1.807, 2.05) is 35.9 Å². The third kappa shape index (κ3) is 8.20. The van der Waals surface area contributed by atoms with Crippen molar-refractivity contribution >= 4 is 45.8 Å². The number of aromatic nitrogens is 4. The molecule has 5 heterocycles. The van der Waals surface area contributed by atoms with Gasteiger partial charge in [0, 0.05) is 31.9 Å². The SMILES string of the molecule is COC(=O)NC(C(=O)N1CCCC1c1ncc(-c2ccc3cc(-c4ccc5nc(C6CCCN6C(=O)C(NC(=O)OC)C6CCOCC6)[nH]c5c4)ccc3c2)[nH]1)C(C)C. The van der Waals surface area contributed by atoms with E-state index in [9.17, 15) is 19.2 Å². The molecular formula is C44H52N8O7. The highest BCUT2D eigenvalue weighted by Gasteiger charge is 2.41. The second-order valence-corrected chi connectivity index (χ2v) is 16.1. The van der Waals surface area contributed by atoms with Gasteiger partial charge in [-0.05, 0) is 96.5 Å². The summed E-state index contributed by atoms with van der Waals surface area (Å²) < 4.78 is 15.2. The molecule has 4 atom stereocenters. The zero-order valence-electron chi connectivity index (χ0n) is 34.0. The Labute approximate surface area is 342 Å². The van der Waals surface area contributed by atoms with Crippen LogP contribution in [0.5, 0.6) is 0 Å². The molecule has 3 aliphatic heterocycles. The van der Waals surface area contributed by atoms with E-state index in [-0.39, 0.29) is 35.7 Å². The van der Waals surface area contributed by atoms with Crippen LogP contribution < -0.4 is 10.6 Å². The highest BCUT2D eigenvalue weighted by Crippen LogP contribution is 2.36. The maximum atomic E-state index is 14.0. The molecule has 0 aliphatic carbocycles. The summed E-state index contributed by atoms with van der Waals surface area (Å²) in [6, 6.07) is 17.1. The summed E-state index contributed by atoms with van der Waals surface area (Å²) in [5.74, 6) is 1.07. The van der Waals surface area contributed by atoms with E-state index in [4.69, 9.17) is 24.2 Å². The molecule has 0 spiro atoms. The molecule has 5 aromatic rings. The van der Waals surface area contributed by atoms with Crippen LogP contribution in [0, 0.1) is 11.8 Å². The van der Waals surface area contributed by atoms with Crippen LogP contribution in [0.3, 0.4) is 0 Å². The zero-order valence-corrected chi connectivity index (χ0v) is 34.0. The minimum absolute atomic E-state index is 0.0313. The maximum absolute atomic E-state index is 14.0. The van der Waals surface area contributed by atoms with E-state index in [2.05, 4.69) is 69.1 Å². The predicted molar refractivity (Wildman–Crippen MR) is 221 cm³/mol. The maximum Gasteiger partial charge on any atom is 0.407 e. The first-order chi connectivity index (χ1) is 28.6. The van der Waals surface area contributed by atoms with Gasteiger partial charge in [-0.15, -0.1) is 0 Å². The Kier molecular flexibility index (Phi) is 11.5. The normalized spacial score (nSPS) is 19.6. The fourth-order valence-corrected chi connectivity index (χ4v) is 8.91. The molecule has 3 aliphatic rings. The van der Waals surface area contributed by atoms with Crippen LogP contribution in [0.2, 0.25) is 0 Å². The van der Waals surface area contributed by atoms with E-state index >= 15 is 0 Å². The number of aromatic amines is 2. The Bertz CT molecular complexity index is 2350. The van der Waals surface area contributed by atoms with Crippen LogP contribution in [0.4, 0.5) is 9.59 Å². The van der Waals surface area contributed by atoms with E-state index in [1.54, 1.807) is 0 Å². The monoisotopic (exact) mass is 804 g/mol. The summed E-state index contributed by atoms with van der Waals surface area (Å²) in [6.45, 7) is 6.10. The number of carbonyl (C=O) groups is 4. The lowest BCUT2D eigenvalue weighted by Gasteiger charge is -2.34. The molecule has 59 heavy (non-hydrogen) atoms. The highest BCUT2D eigenvalue weighted by molar-refractivity contribution is 5.92. The number of alkyl carbamates (subject to hydrolysis) is 2. The first kappa shape index (κ1) is 39.8. The standard InChI is InChI=1S/C44H52N8O7/c1-25(2)37(49-43(55)57-3)41(53)51-17-5-7-35(51)39-45-24-34(48-39)31-12-11-27-21-28(9-10-29(27)22-31)30-13-14-32-33(23-30)47-40(46-32)36-8-6-18-52(36)42(54)38(50-44(56)58-4)26-15-19-59-20-16-26/h9-14,21-26,35-38H,5-8,15-20H2,1-4H3,(H,45,48)(H,46,47)(H,49,55)(H,50,56). The number of hydrogen-bond donors (Lipinski definition) is 4. The van der Waals surface area contributed by atoms with E-state index in [0.29, 0.717) is 39.1 Å². The second-order valence-electron chi connectivity index (χ2n) is 16.1. The van der Waals surface area contributed by atoms with Gasteiger partial charge in [-0.3, -0.25) is 9.59 Å². The lowest BCUT2D eigenvalue weighted by molar-refractivity contribution is -0.137. The van der Waals surface area contributed by atoms with Crippen molar-refractivity contribution in [2.24, 2.45) is 11.8 Å². The number of fused-ring (bicyclic) bond motifs is 2. The van der Waals surface area contributed by atoms with Crippen molar-refractivity contribution in [3.63, 3.8) is 0 Å². The molecular weight excluding hydrogens is 753 g/mol. The van der Waals surface area contributed by atoms with Crippen molar-refractivity contribution in [1.29, 1.82) is 0 Å². The van der Waals surface area contributed by atoms with Crippen LogP contribution in [0.1, 0.15) is 76.1 Å². The van der Waals surface area contributed by atoms with E-state index < -0.39 is 24.3 Å². The molecule has 3 aromatic carbocycles. The number of H-pyrrole nitrogens is 2. The van der Waals surface area contributed by atoms with E-state index in [1.165, 1.54) is 14.2 Å². The van der Waals surface area contributed by atoms with Gasteiger partial charge in [-0.1, -0.05) is 44.2 Å². The molecule has 0 bridgehead atoms. The number of benzene rings is 3. The summed E-state index contributed by atoms with van der Waals surface area (Å²) in [4.78, 5) is 72.3. The predicted octanol–water partition coefficient (Wildman–Crippen LogP) is 6.63. The largest absolute Gasteiger partial charge is 0.453 e. The number of methoxy groups -OCH3 is 2. The topological polar surface area (TPSA) is 184 Å². The lowest BCUT2D eigenvalue weighted by Crippen LogP contribution is -2.53. The number of nitrogens with zero attached hydrogens (tertiary/aromatic N) is 4. The molecule has 15 nitrogen and oxygen atoms in total. The van der Waals surface area contributed by atoms with Crippen molar-refractivity contribution in [3.05, 3.63) is 72.4 Å². The number of ether oxygens (including phenoxy) is 3. The number of carbonyl (C=O) groups excluding carboxylic acids is 4. The molecule has 0 radical (unpaired) electrons. The molecule has 15 heteroatoms. The third-order valence-corrected chi connectivity index (χ3v) is 12.1. The van der Waals surface area contributed by atoms with Crippen LogP contribution in [0.25, 0.3) is 44.2 Å². The van der Waals surface area contributed by atoms with E-state index in [0.717, 1.165) is 81.5 Å². The second kappa shape index (κ2) is 17.1. The van der Waals surface area contributed by atoms with Crippen LogP contribution >= 0.6 is 0 Å². The van der Waals surface area contributed by atoms with Gasteiger partial charge in [-0.25, -0.2) is 19.6 Å². The van der Waals surface area contributed by atoms with Gasteiger partial charge in [0.15, 0.2) is 0 Å². The molecule has 4 amide bonds. The van der Waals surface area contributed by atoms with Gasteiger partial charge in [0.25, 0.3) is 0 Å². The number of likely N-dealkylation sites (tertiary alicyclic amines) is 2. The molecule has 2 aromatic heterocycles. The van der Waals surface area contributed by atoms with Crippen molar-refractivity contribution in [1.82, 2.24) is 40.4 Å². The van der Waals surface area contributed by atoms with Crippen LogP contribution in [0.15, 0.2) is 60.8 Å². The molecule has 310 valence electrons. The van der Waals surface area contributed by atoms with Crippen LogP contribution in [-0.2, 0) is 23.8 Å². The summed E-state index contributed by atoms with van der Waals surface area (Å²) in [7, 11) is 2.60. The van der Waals surface area contributed by atoms with Crippen LogP contribution in [-0.4, -0.2) is 106 Å².